The van der Waals surface area contributed by atoms with Crippen LogP contribution in [0, 0.1) is 0 Å². The van der Waals surface area contributed by atoms with Crippen molar-refractivity contribution < 1.29 is 33.3 Å². The highest BCUT2D eigenvalue weighted by Crippen LogP contribution is 2.30. The molecule has 0 aromatic heterocycles. The molecule has 1 saturated heterocycles. The fraction of sp³-hybridized carbons (Fsp3) is 0.312. The van der Waals surface area contributed by atoms with Crippen molar-refractivity contribution in [3.63, 3.8) is 0 Å². The van der Waals surface area contributed by atoms with Crippen molar-refractivity contribution >= 4 is 46.5 Å². The highest BCUT2D eigenvalue weighted by Gasteiger charge is 2.44. The molecule has 1 aliphatic heterocycles. The minimum atomic E-state index is -0.833. The Kier molecular flexibility index (Phi) is 10.6. The molecule has 43 heavy (non-hydrogen) atoms. The number of methoxy groups -OCH3 is 2. The minimum Gasteiger partial charge on any atom is -0.494 e. The number of anilines is 2. The second kappa shape index (κ2) is 14.5. The van der Waals surface area contributed by atoms with E-state index in [0.29, 0.717) is 53.8 Å². The topological polar surface area (TPSA) is 107 Å². The molecule has 1 unspecified atom stereocenters. The van der Waals surface area contributed by atoms with E-state index in [-0.39, 0.29) is 30.0 Å². The van der Waals surface area contributed by atoms with Gasteiger partial charge in [0.25, 0.3) is 5.91 Å². The largest absolute Gasteiger partial charge is 0.494 e. The highest BCUT2D eigenvalue weighted by atomic mass is 32.1. The van der Waals surface area contributed by atoms with Gasteiger partial charge < -0.3 is 29.2 Å². The van der Waals surface area contributed by atoms with Gasteiger partial charge in [-0.25, -0.2) is 4.79 Å². The average molecular weight is 606 g/mol. The predicted octanol–water partition coefficient (Wildman–Crippen LogP) is 4.85. The first-order chi connectivity index (χ1) is 20.8. The van der Waals surface area contributed by atoms with Crippen LogP contribution in [-0.2, 0) is 20.7 Å². The molecule has 1 N–H and O–H groups in total. The number of hydrogen-bond donors (Lipinski definition) is 1. The number of carbonyl (C=O) groups is 3. The standard InChI is InChI=1S/C32H35N3O7S/c1-5-41-25-14-10-23(11-15-25)33-29(36)20-26-30(37)35(24-12-8-22(9-13-24)31(38)42-6-2)32(43)34(26)18-17-21-7-16-27(39-3)28(19-21)40-4/h7-16,19,26H,5-6,17-18,20H2,1-4H3,(H,33,36). The Hall–Kier alpha value is -4.64. The number of nitrogens with one attached hydrogen (secondary N) is 1. The summed E-state index contributed by atoms with van der Waals surface area (Å²) in [6.45, 7) is 4.80. The maximum atomic E-state index is 13.8. The van der Waals surface area contributed by atoms with E-state index in [0.717, 1.165) is 5.56 Å². The first kappa shape index (κ1) is 31.3. The maximum absolute atomic E-state index is 13.8. The SMILES string of the molecule is CCOC(=O)c1ccc(N2C(=O)C(CC(=O)Nc3ccc(OCC)cc3)N(CCc3ccc(OC)c(OC)c3)C2=S)cc1. The average Bonchev–Trinajstić information content (AvgIpc) is 3.24. The van der Waals surface area contributed by atoms with Crippen molar-refractivity contribution in [1.29, 1.82) is 0 Å². The van der Waals surface area contributed by atoms with E-state index in [1.807, 2.05) is 25.1 Å². The van der Waals surface area contributed by atoms with Crippen molar-refractivity contribution in [2.45, 2.75) is 32.7 Å². The second-order valence-corrected chi connectivity index (χ2v) is 9.95. The van der Waals surface area contributed by atoms with Crippen LogP contribution in [0.5, 0.6) is 17.2 Å². The Morgan fingerprint density at radius 3 is 2.23 bits per heavy atom. The predicted molar refractivity (Wildman–Crippen MR) is 167 cm³/mol. The Balaban J connectivity index is 1.56. The summed E-state index contributed by atoms with van der Waals surface area (Å²) in [7, 11) is 3.14. The van der Waals surface area contributed by atoms with Gasteiger partial charge >= 0.3 is 5.97 Å². The molecule has 0 spiro atoms. The maximum Gasteiger partial charge on any atom is 0.338 e. The summed E-state index contributed by atoms with van der Waals surface area (Å²) in [5.74, 6) is 0.783. The molecule has 1 heterocycles. The Labute approximate surface area is 256 Å². The van der Waals surface area contributed by atoms with Crippen molar-refractivity contribution in [2.24, 2.45) is 0 Å². The number of rotatable bonds is 13. The summed E-state index contributed by atoms with van der Waals surface area (Å²) in [5, 5.41) is 3.14. The molecule has 1 atom stereocenters. The molecule has 3 aromatic carbocycles. The molecule has 226 valence electrons. The van der Waals surface area contributed by atoms with Crippen LogP contribution in [-0.4, -0.2) is 67.8 Å². The van der Waals surface area contributed by atoms with E-state index in [9.17, 15) is 14.4 Å². The lowest BCUT2D eigenvalue weighted by atomic mass is 10.1. The second-order valence-electron chi connectivity index (χ2n) is 9.58. The van der Waals surface area contributed by atoms with Crippen LogP contribution < -0.4 is 24.4 Å². The van der Waals surface area contributed by atoms with Gasteiger partial charge in [0.2, 0.25) is 5.91 Å². The summed E-state index contributed by atoms with van der Waals surface area (Å²) >= 11 is 5.80. The minimum absolute atomic E-state index is 0.116. The van der Waals surface area contributed by atoms with E-state index in [4.69, 9.17) is 31.2 Å². The summed E-state index contributed by atoms with van der Waals surface area (Å²) in [4.78, 5) is 42.3. The molecule has 1 fully saturated rings. The number of thiocarbonyl (C=S) groups is 1. The first-order valence-corrected chi connectivity index (χ1v) is 14.4. The van der Waals surface area contributed by atoms with Gasteiger partial charge in [-0.1, -0.05) is 6.07 Å². The van der Waals surface area contributed by atoms with Crippen molar-refractivity contribution in [1.82, 2.24) is 4.90 Å². The molecular weight excluding hydrogens is 570 g/mol. The normalized spacial score (nSPS) is 14.5. The number of nitrogens with zero attached hydrogens (tertiary/aromatic N) is 2. The molecule has 10 nitrogen and oxygen atoms in total. The van der Waals surface area contributed by atoms with E-state index < -0.39 is 12.0 Å². The Bertz CT molecular complexity index is 1460. The van der Waals surface area contributed by atoms with Crippen molar-refractivity contribution in [2.75, 3.05) is 44.2 Å². The van der Waals surface area contributed by atoms with E-state index in [1.165, 1.54) is 4.90 Å². The third kappa shape index (κ3) is 7.42. The van der Waals surface area contributed by atoms with Gasteiger partial charge in [0.15, 0.2) is 16.6 Å². The zero-order valence-electron chi connectivity index (χ0n) is 24.6. The molecule has 4 rings (SSSR count). The van der Waals surface area contributed by atoms with Crippen LogP contribution in [0.2, 0.25) is 0 Å². The Morgan fingerprint density at radius 1 is 0.907 bits per heavy atom. The number of benzene rings is 3. The van der Waals surface area contributed by atoms with Gasteiger partial charge in [0.1, 0.15) is 11.8 Å². The summed E-state index contributed by atoms with van der Waals surface area (Å²) in [5.41, 5.74) is 2.39. The van der Waals surface area contributed by atoms with Crippen molar-refractivity contribution in [3.05, 3.63) is 77.9 Å². The fourth-order valence-electron chi connectivity index (χ4n) is 4.76. The third-order valence-corrected chi connectivity index (χ3v) is 7.29. The molecule has 11 heteroatoms. The molecule has 3 aromatic rings. The first-order valence-electron chi connectivity index (χ1n) is 13.9. The number of esters is 1. The van der Waals surface area contributed by atoms with Gasteiger partial charge in [-0.05, 0) is 98.7 Å². The van der Waals surface area contributed by atoms with Crippen LogP contribution in [0.15, 0.2) is 66.7 Å². The third-order valence-electron chi connectivity index (χ3n) is 6.87. The molecule has 0 bridgehead atoms. The molecule has 1 aliphatic rings. The Morgan fingerprint density at radius 2 is 1.60 bits per heavy atom. The van der Waals surface area contributed by atoms with Crippen LogP contribution in [0.3, 0.4) is 0 Å². The lowest BCUT2D eigenvalue weighted by Crippen LogP contribution is -2.39. The molecule has 0 radical (unpaired) electrons. The summed E-state index contributed by atoms with van der Waals surface area (Å²) in [6.07, 6.45) is 0.413. The zero-order valence-corrected chi connectivity index (χ0v) is 25.4. The van der Waals surface area contributed by atoms with Gasteiger partial charge in [0.05, 0.1) is 45.1 Å². The number of carbonyl (C=O) groups excluding carboxylic acids is 3. The summed E-state index contributed by atoms with van der Waals surface area (Å²) < 4.78 is 21.3. The van der Waals surface area contributed by atoms with E-state index >= 15 is 0 Å². The zero-order chi connectivity index (χ0) is 30.9. The van der Waals surface area contributed by atoms with Crippen LogP contribution >= 0.6 is 12.2 Å². The van der Waals surface area contributed by atoms with Crippen molar-refractivity contribution in [3.8, 4) is 17.2 Å². The molecular formula is C32H35N3O7S. The number of amides is 2. The molecule has 0 saturated carbocycles. The molecule has 0 aliphatic carbocycles. The monoisotopic (exact) mass is 605 g/mol. The van der Waals surface area contributed by atoms with E-state index in [2.05, 4.69) is 5.32 Å². The van der Waals surface area contributed by atoms with Gasteiger partial charge in [0, 0.05) is 12.2 Å². The van der Waals surface area contributed by atoms with Crippen LogP contribution in [0.25, 0.3) is 0 Å². The van der Waals surface area contributed by atoms with Crippen LogP contribution in [0.4, 0.5) is 11.4 Å². The summed E-state index contributed by atoms with van der Waals surface area (Å²) in [6, 6.07) is 18.3. The van der Waals surface area contributed by atoms with E-state index in [1.54, 1.807) is 74.6 Å². The fourth-order valence-corrected chi connectivity index (χ4v) is 5.17. The number of ether oxygens (including phenoxy) is 4. The lowest BCUT2D eigenvalue weighted by Gasteiger charge is -2.24. The highest BCUT2D eigenvalue weighted by molar-refractivity contribution is 7.80. The smallest absolute Gasteiger partial charge is 0.338 e. The lowest BCUT2D eigenvalue weighted by molar-refractivity contribution is -0.124. The number of hydrogen-bond acceptors (Lipinski definition) is 8. The molecule has 2 amide bonds. The van der Waals surface area contributed by atoms with Gasteiger partial charge in [-0.3, -0.25) is 14.5 Å². The quantitative estimate of drug-likeness (QED) is 0.216. The van der Waals surface area contributed by atoms with Crippen LogP contribution in [0.1, 0.15) is 36.2 Å². The van der Waals surface area contributed by atoms with Gasteiger partial charge in [-0.15, -0.1) is 0 Å². The van der Waals surface area contributed by atoms with Gasteiger partial charge in [-0.2, -0.15) is 0 Å².